The molecule has 0 saturated carbocycles. The molecule has 3 rings (SSSR count). The largest absolute Gasteiger partial charge is 0.342 e. The van der Waals surface area contributed by atoms with Crippen LogP contribution < -0.4 is 0 Å². The van der Waals surface area contributed by atoms with Crippen molar-refractivity contribution in [2.45, 2.75) is 18.8 Å². The molecule has 0 spiro atoms. The molecule has 1 saturated heterocycles. The Kier molecular flexibility index (Phi) is 2.99. The Bertz CT molecular complexity index is 548. The van der Waals surface area contributed by atoms with E-state index in [-0.39, 0.29) is 0 Å². The zero-order valence-corrected chi connectivity index (χ0v) is 10.3. The van der Waals surface area contributed by atoms with Crippen molar-refractivity contribution in [3.05, 3.63) is 30.1 Å². The quantitative estimate of drug-likeness (QED) is 0.819. The number of piperidine rings is 1. The second-order valence-corrected chi connectivity index (χ2v) is 4.87. The molecule has 0 bridgehead atoms. The number of para-hydroxylation sites is 2. The highest BCUT2D eigenvalue weighted by molar-refractivity contribution is 5.74. The molecule has 1 N–H and O–H groups in total. The van der Waals surface area contributed by atoms with Crippen LogP contribution in [0.25, 0.3) is 11.0 Å². The summed E-state index contributed by atoms with van der Waals surface area (Å²) in [5.41, 5.74) is 2.13. The lowest BCUT2D eigenvalue weighted by Crippen LogP contribution is -2.34. The third-order valence-corrected chi connectivity index (χ3v) is 3.59. The first-order valence-electron chi connectivity index (χ1n) is 6.41. The van der Waals surface area contributed by atoms with Crippen LogP contribution in [0.1, 0.15) is 24.6 Å². The van der Waals surface area contributed by atoms with Crippen LogP contribution in [0.15, 0.2) is 24.3 Å². The van der Waals surface area contributed by atoms with Crippen molar-refractivity contribution in [2.75, 3.05) is 19.6 Å². The van der Waals surface area contributed by atoms with Crippen molar-refractivity contribution in [3.63, 3.8) is 0 Å². The number of hydrogen-bond acceptors (Lipinski definition) is 3. The molecule has 1 aliphatic heterocycles. The molecular formula is C14H16N4. The van der Waals surface area contributed by atoms with E-state index in [1.807, 2.05) is 18.2 Å². The van der Waals surface area contributed by atoms with Gasteiger partial charge in [-0.05, 0) is 31.5 Å². The van der Waals surface area contributed by atoms with Gasteiger partial charge in [0.15, 0.2) is 0 Å². The number of nitrogens with zero attached hydrogens (tertiary/aromatic N) is 3. The van der Waals surface area contributed by atoms with Gasteiger partial charge in [0.25, 0.3) is 0 Å². The summed E-state index contributed by atoms with van der Waals surface area (Å²) in [7, 11) is 0. The van der Waals surface area contributed by atoms with Crippen molar-refractivity contribution >= 4 is 11.0 Å². The minimum Gasteiger partial charge on any atom is -0.342 e. The Morgan fingerprint density at radius 2 is 2.33 bits per heavy atom. The Morgan fingerprint density at radius 1 is 1.44 bits per heavy atom. The minimum atomic E-state index is 0.430. The van der Waals surface area contributed by atoms with Gasteiger partial charge >= 0.3 is 0 Å². The van der Waals surface area contributed by atoms with E-state index in [0.717, 1.165) is 42.8 Å². The number of hydrogen-bond donors (Lipinski definition) is 1. The van der Waals surface area contributed by atoms with Crippen molar-refractivity contribution < 1.29 is 0 Å². The first-order chi connectivity index (χ1) is 8.86. The first-order valence-corrected chi connectivity index (χ1v) is 6.41. The smallest absolute Gasteiger partial charge is 0.111 e. The fourth-order valence-corrected chi connectivity index (χ4v) is 2.69. The van der Waals surface area contributed by atoms with Gasteiger partial charge in [-0.2, -0.15) is 5.26 Å². The number of aromatic nitrogens is 2. The Hall–Kier alpha value is -1.86. The summed E-state index contributed by atoms with van der Waals surface area (Å²) in [6.45, 7) is 2.49. The van der Waals surface area contributed by atoms with E-state index in [0.29, 0.717) is 12.5 Å². The third-order valence-electron chi connectivity index (χ3n) is 3.59. The molecule has 1 aromatic carbocycles. The van der Waals surface area contributed by atoms with Crippen molar-refractivity contribution in [2.24, 2.45) is 0 Å². The topological polar surface area (TPSA) is 55.7 Å². The maximum absolute atomic E-state index is 8.77. The van der Waals surface area contributed by atoms with E-state index in [9.17, 15) is 0 Å². The molecule has 18 heavy (non-hydrogen) atoms. The summed E-state index contributed by atoms with van der Waals surface area (Å²) in [4.78, 5) is 10.3. The fourth-order valence-electron chi connectivity index (χ4n) is 2.69. The van der Waals surface area contributed by atoms with Crippen molar-refractivity contribution in [1.29, 1.82) is 5.26 Å². The van der Waals surface area contributed by atoms with Gasteiger partial charge in [0.2, 0.25) is 0 Å². The summed E-state index contributed by atoms with van der Waals surface area (Å²) in [5, 5.41) is 8.77. The molecule has 1 aliphatic rings. The summed E-state index contributed by atoms with van der Waals surface area (Å²) in [6, 6.07) is 10.4. The number of nitrogens with one attached hydrogen (secondary N) is 1. The summed E-state index contributed by atoms with van der Waals surface area (Å²) < 4.78 is 0. The van der Waals surface area contributed by atoms with Crippen molar-refractivity contribution in [1.82, 2.24) is 14.9 Å². The summed E-state index contributed by atoms with van der Waals surface area (Å²) in [5.74, 6) is 1.50. The number of nitriles is 1. The van der Waals surface area contributed by atoms with Crippen molar-refractivity contribution in [3.8, 4) is 6.07 Å². The van der Waals surface area contributed by atoms with Crippen LogP contribution in [0.3, 0.4) is 0 Å². The van der Waals surface area contributed by atoms with E-state index < -0.39 is 0 Å². The number of H-pyrrole nitrogens is 1. The summed E-state index contributed by atoms with van der Waals surface area (Å²) >= 11 is 0. The van der Waals surface area contributed by atoms with E-state index in [1.54, 1.807) is 0 Å². The van der Waals surface area contributed by atoms with Gasteiger partial charge in [0.1, 0.15) is 5.82 Å². The molecule has 0 radical (unpaired) electrons. The number of aromatic amines is 1. The average molecular weight is 240 g/mol. The van der Waals surface area contributed by atoms with Gasteiger partial charge < -0.3 is 4.98 Å². The summed E-state index contributed by atoms with van der Waals surface area (Å²) in [6.07, 6.45) is 2.30. The van der Waals surface area contributed by atoms with Crippen LogP contribution in [0, 0.1) is 11.3 Å². The van der Waals surface area contributed by atoms with Gasteiger partial charge in [-0.15, -0.1) is 0 Å². The van der Waals surface area contributed by atoms with E-state index in [4.69, 9.17) is 5.26 Å². The predicted molar refractivity (Wildman–Crippen MR) is 70.1 cm³/mol. The Labute approximate surface area is 106 Å². The van der Waals surface area contributed by atoms with Gasteiger partial charge in [-0.1, -0.05) is 12.1 Å². The molecule has 92 valence electrons. The van der Waals surface area contributed by atoms with Crippen LogP contribution >= 0.6 is 0 Å². The molecule has 4 nitrogen and oxygen atoms in total. The average Bonchev–Trinajstić information content (AvgIpc) is 2.83. The van der Waals surface area contributed by atoms with Gasteiger partial charge in [0.05, 0.1) is 23.6 Å². The molecule has 4 heteroatoms. The van der Waals surface area contributed by atoms with Crippen LogP contribution in [-0.2, 0) is 0 Å². The van der Waals surface area contributed by atoms with Crippen LogP contribution in [-0.4, -0.2) is 34.5 Å². The van der Waals surface area contributed by atoms with Crippen LogP contribution in [0.4, 0.5) is 0 Å². The van der Waals surface area contributed by atoms with Gasteiger partial charge in [-0.3, -0.25) is 4.90 Å². The Morgan fingerprint density at radius 3 is 3.17 bits per heavy atom. The number of likely N-dealkylation sites (tertiary alicyclic amines) is 1. The highest BCUT2D eigenvalue weighted by Gasteiger charge is 2.23. The molecule has 2 aromatic rings. The zero-order chi connectivity index (χ0) is 12.4. The lowest BCUT2D eigenvalue weighted by atomic mass is 9.97. The van der Waals surface area contributed by atoms with E-state index in [2.05, 4.69) is 27.0 Å². The molecule has 0 aliphatic carbocycles. The lowest BCUT2D eigenvalue weighted by molar-refractivity contribution is 0.226. The highest BCUT2D eigenvalue weighted by Crippen LogP contribution is 2.26. The number of fused-ring (bicyclic) bond motifs is 1. The van der Waals surface area contributed by atoms with Crippen LogP contribution in [0.2, 0.25) is 0 Å². The van der Waals surface area contributed by atoms with Gasteiger partial charge in [-0.25, -0.2) is 4.98 Å². The lowest BCUT2D eigenvalue weighted by Gasteiger charge is -2.29. The molecule has 1 fully saturated rings. The highest BCUT2D eigenvalue weighted by atomic mass is 15.1. The third kappa shape index (κ3) is 2.09. The second kappa shape index (κ2) is 4.79. The number of imidazole rings is 1. The normalized spacial score (nSPS) is 20.9. The molecular weight excluding hydrogens is 224 g/mol. The molecule has 0 amide bonds. The monoisotopic (exact) mass is 240 g/mol. The number of rotatable bonds is 2. The van der Waals surface area contributed by atoms with Gasteiger partial charge in [0, 0.05) is 12.5 Å². The van der Waals surface area contributed by atoms with E-state index >= 15 is 0 Å². The maximum Gasteiger partial charge on any atom is 0.111 e. The maximum atomic E-state index is 8.77. The standard InChI is InChI=1S/C14H16N4/c15-7-9-18-8-3-4-11(10-18)14-16-12-5-1-2-6-13(12)17-14/h1-2,5-6,11H,3-4,8-10H2,(H,16,17). The molecule has 1 unspecified atom stereocenters. The molecule has 1 atom stereocenters. The second-order valence-electron chi connectivity index (χ2n) is 4.87. The SMILES string of the molecule is N#CCN1CCCC(c2nc3ccccc3[nH]2)C1. The zero-order valence-electron chi connectivity index (χ0n) is 10.3. The first kappa shape index (κ1) is 11.2. The molecule has 2 heterocycles. The van der Waals surface area contributed by atoms with Crippen LogP contribution in [0.5, 0.6) is 0 Å². The molecule has 1 aromatic heterocycles. The minimum absolute atomic E-state index is 0.430. The number of benzene rings is 1. The van der Waals surface area contributed by atoms with E-state index in [1.165, 1.54) is 0 Å². The predicted octanol–water partition coefficient (Wildman–Crippen LogP) is 2.27. The Balaban J connectivity index is 1.83. The fraction of sp³-hybridized carbons (Fsp3) is 0.429.